The van der Waals surface area contributed by atoms with Crippen LogP contribution in [0, 0.1) is 0 Å². The maximum Gasteiger partial charge on any atom is 0.0909 e. The van der Waals surface area contributed by atoms with E-state index in [0.29, 0.717) is 11.9 Å². The summed E-state index contributed by atoms with van der Waals surface area (Å²) in [6.45, 7) is 8.63. The highest BCUT2D eigenvalue weighted by Gasteiger charge is 2.12. The SMILES string of the molecule is CC(N)=NC(C)CN1CCOCC1. The van der Waals surface area contributed by atoms with Crippen LogP contribution in [0.15, 0.2) is 4.99 Å². The number of morpholine rings is 1. The highest BCUT2D eigenvalue weighted by molar-refractivity contribution is 5.77. The van der Waals surface area contributed by atoms with Crippen molar-refractivity contribution in [3.63, 3.8) is 0 Å². The van der Waals surface area contributed by atoms with Gasteiger partial charge in [0.05, 0.1) is 25.1 Å². The molecule has 76 valence electrons. The number of rotatable bonds is 3. The Bertz CT molecular complexity index is 172. The minimum absolute atomic E-state index is 0.295. The lowest BCUT2D eigenvalue weighted by Gasteiger charge is -2.27. The lowest BCUT2D eigenvalue weighted by atomic mass is 10.3. The largest absolute Gasteiger partial charge is 0.388 e. The molecule has 13 heavy (non-hydrogen) atoms. The second-order valence-electron chi connectivity index (χ2n) is 3.53. The minimum atomic E-state index is 0.295. The van der Waals surface area contributed by atoms with Crippen LogP contribution < -0.4 is 5.73 Å². The summed E-state index contributed by atoms with van der Waals surface area (Å²) in [4.78, 5) is 6.65. The molecule has 1 atom stereocenters. The number of amidine groups is 1. The molecule has 4 heteroatoms. The van der Waals surface area contributed by atoms with Gasteiger partial charge in [-0.2, -0.15) is 0 Å². The van der Waals surface area contributed by atoms with Gasteiger partial charge in [0, 0.05) is 19.6 Å². The molecule has 0 bridgehead atoms. The van der Waals surface area contributed by atoms with E-state index in [1.165, 1.54) is 0 Å². The first-order valence-electron chi connectivity index (χ1n) is 4.78. The van der Waals surface area contributed by atoms with Crippen molar-refractivity contribution in [1.82, 2.24) is 4.90 Å². The molecule has 4 nitrogen and oxygen atoms in total. The zero-order valence-corrected chi connectivity index (χ0v) is 8.49. The zero-order chi connectivity index (χ0) is 9.68. The highest BCUT2D eigenvalue weighted by Crippen LogP contribution is 2.00. The summed E-state index contributed by atoms with van der Waals surface area (Å²) in [5, 5.41) is 0. The molecule has 1 fully saturated rings. The zero-order valence-electron chi connectivity index (χ0n) is 8.49. The van der Waals surface area contributed by atoms with Crippen LogP contribution in [0.4, 0.5) is 0 Å². The third kappa shape index (κ3) is 4.24. The Morgan fingerprint density at radius 3 is 2.69 bits per heavy atom. The van der Waals surface area contributed by atoms with Crippen LogP contribution in [0.25, 0.3) is 0 Å². The van der Waals surface area contributed by atoms with Gasteiger partial charge in [-0.05, 0) is 13.8 Å². The summed E-state index contributed by atoms with van der Waals surface area (Å²) < 4.78 is 5.26. The Balaban J connectivity index is 2.26. The van der Waals surface area contributed by atoms with Gasteiger partial charge >= 0.3 is 0 Å². The molecule has 0 amide bonds. The van der Waals surface area contributed by atoms with Crippen molar-refractivity contribution in [2.24, 2.45) is 10.7 Å². The number of aliphatic imine (C=N–C) groups is 1. The second kappa shape index (κ2) is 5.19. The van der Waals surface area contributed by atoms with Crippen molar-refractivity contribution in [2.75, 3.05) is 32.8 Å². The maximum atomic E-state index is 5.51. The molecule has 0 radical (unpaired) electrons. The van der Waals surface area contributed by atoms with E-state index in [9.17, 15) is 0 Å². The molecule has 1 unspecified atom stereocenters. The van der Waals surface area contributed by atoms with Crippen LogP contribution in [0.3, 0.4) is 0 Å². The standard InChI is InChI=1S/C9H19N3O/c1-8(11-9(2)10)7-12-3-5-13-6-4-12/h8H,3-7H2,1-2H3,(H2,10,11). The van der Waals surface area contributed by atoms with Crippen molar-refractivity contribution < 1.29 is 4.74 Å². The number of nitrogens with two attached hydrogens (primary N) is 1. The van der Waals surface area contributed by atoms with Gasteiger partial charge in [-0.15, -0.1) is 0 Å². The Morgan fingerprint density at radius 1 is 1.54 bits per heavy atom. The Labute approximate surface area is 79.8 Å². The van der Waals surface area contributed by atoms with E-state index < -0.39 is 0 Å². The smallest absolute Gasteiger partial charge is 0.0909 e. The van der Waals surface area contributed by atoms with E-state index >= 15 is 0 Å². The van der Waals surface area contributed by atoms with E-state index in [1.807, 2.05) is 6.92 Å². The summed E-state index contributed by atoms with van der Waals surface area (Å²) in [5.41, 5.74) is 5.51. The first-order valence-corrected chi connectivity index (χ1v) is 4.78. The van der Waals surface area contributed by atoms with Gasteiger partial charge in [0.15, 0.2) is 0 Å². The molecule has 0 aromatic rings. The predicted octanol–water partition coefficient (Wildman–Crippen LogP) is 0.0842. The first kappa shape index (κ1) is 10.5. The summed E-state index contributed by atoms with van der Waals surface area (Å²) >= 11 is 0. The Hall–Kier alpha value is -0.610. The first-order chi connectivity index (χ1) is 6.18. The summed E-state index contributed by atoms with van der Waals surface area (Å²) in [6, 6.07) is 0.295. The molecule has 1 aliphatic heterocycles. The molecule has 1 rings (SSSR count). The lowest BCUT2D eigenvalue weighted by Crippen LogP contribution is -2.40. The average molecular weight is 185 g/mol. The molecule has 0 aromatic carbocycles. The average Bonchev–Trinajstić information content (AvgIpc) is 2.04. The normalized spacial score (nSPS) is 23.1. The second-order valence-corrected chi connectivity index (χ2v) is 3.53. The van der Waals surface area contributed by atoms with Gasteiger partial charge in [0.2, 0.25) is 0 Å². The van der Waals surface area contributed by atoms with Crippen molar-refractivity contribution in [3.05, 3.63) is 0 Å². The molecular weight excluding hydrogens is 166 g/mol. The van der Waals surface area contributed by atoms with Crippen molar-refractivity contribution in [3.8, 4) is 0 Å². The van der Waals surface area contributed by atoms with Crippen molar-refractivity contribution >= 4 is 5.84 Å². The molecule has 1 saturated heterocycles. The predicted molar refractivity (Wildman–Crippen MR) is 54.0 cm³/mol. The van der Waals surface area contributed by atoms with Gasteiger partial charge in [-0.1, -0.05) is 0 Å². The fourth-order valence-corrected chi connectivity index (χ4v) is 1.55. The van der Waals surface area contributed by atoms with Gasteiger partial charge in [-0.25, -0.2) is 0 Å². The number of hydrogen-bond acceptors (Lipinski definition) is 3. The number of ether oxygens (including phenoxy) is 1. The topological polar surface area (TPSA) is 50.8 Å². The van der Waals surface area contributed by atoms with Crippen LogP contribution in [0.5, 0.6) is 0 Å². The lowest BCUT2D eigenvalue weighted by molar-refractivity contribution is 0.0361. The molecule has 0 aromatic heterocycles. The number of hydrogen-bond donors (Lipinski definition) is 1. The third-order valence-electron chi connectivity index (χ3n) is 2.05. The van der Waals surface area contributed by atoms with E-state index in [4.69, 9.17) is 10.5 Å². The van der Waals surface area contributed by atoms with Crippen LogP contribution >= 0.6 is 0 Å². The van der Waals surface area contributed by atoms with Crippen LogP contribution in [0.2, 0.25) is 0 Å². The van der Waals surface area contributed by atoms with E-state index in [0.717, 1.165) is 32.8 Å². The van der Waals surface area contributed by atoms with E-state index in [2.05, 4.69) is 16.8 Å². The highest BCUT2D eigenvalue weighted by atomic mass is 16.5. The Morgan fingerprint density at radius 2 is 2.15 bits per heavy atom. The molecule has 2 N–H and O–H groups in total. The van der Waals surface area contributed by atoms with Crippen molar-refractivity contribution in [1.29, 1.82) is 0 Å². The van der Waals surface area contributed by atoms with Crippen LogP contribution in [0.1, 0.15) is 13.8 Å². The summed E-state index contributed by atoms with van der Waals surface area (Å²) in [5.74, 6) is 0.667. The molecule has 0 saturated carbocycles. The molecule has 0 spiro atoms. The van der Waals surface area contributed by atoms with Crippen LogP contribution in [-0.2, 0) is 4.74 Å². The fourth-order valence-electron chi connectivity index (χ4n) is 1.55. The molecule has 0 aliphatic carbocycles. The summed E-state index contributed by atoms with van der Waals surface area (Å²) in [6.07, 6.45) is 0. The summed E-state index contributed by atoms with van der Waals surface area (Å²) in [7, 11) is 0. The van der Waals surface area contributed by atoms with Crippen molar-refractivity contribution in [2.45, 2.75) is 19.9 Å². The third-order valence-corrected chi connectivity index (χ3v) is 2.05. The minimum Gasteiger partial charge on any atom is -0.388 e. The quantitative estimate of drug-likeness (QED) is 0.500. The Kier molecular flexibility index (Phi) is 4.18. The fraction of sp³-hybridized carbons (Fsp3) is 0.889. The van der Waals surface area contributed by atoms with Gasteiger partial charge in [0.1, 0.15) is 0 Å². The molecule has 1 aliphatic rings. The van der Waals surface area contributed by atoms with Gasteiger partial charge in [0.25, 0.3) is 0 Å². The van der Waals surface area contributed by atoms with Crippen LogP contribution in [-0.4, -0.2) is 49.6 Å². The number of nitrogens with zero attached hydrogens (tertiary/aromatic N) is 2. The van der Waals surface area contributed by atoms with E-state index in [-0.39, 0.29) is 0 Å². The molecule has 1 heterocycles. The molecular formula is C9H19N3O. The van der Waals surface area contributed by atoms with Gasteiger partial charge < -0.3 is 10.5 Å². The maximum absolute atomic E-state index is 5.51. The monoisotopic (exact) mass is 185 g/mol. The van der Waals surface area contributed by atoms with E-state index in [1.54, 1.807) is 0 Å². The van der Waals surface area contributed by atoms with Gasteiger partial charge in [-0.3, -0.25) is 9.89 Å².